The van der Waals surface area contributed by atoms with Crippen LogP contribution < -0.4 is 0 Å². The van der Waals surface area contributed by atoms with Crippen molar-refractivity contribution < 1.29 is 14.7 Å². The molecule has 3 unspecified atom stereocenters. The molecule has 1 aliphatic heterocycles. The van der Waals surface area contributed by atoms with Crippen LogP contribution in [0, 0.1) is 5.92 Å². The normalized spacial score (nSPS) is 25.0. The number of nitrogens with zero attached hydrogens (tertiary/aromatic N) is 2. The molecule has 2 fully saturated rings. The van der Waals surface area contributed by atoms with Gasteiger partial charge in [-0.25, -0.2) is 0 Å². The predicted molar refractivity (Wildman–Crippen MR) is 91.8 cm³/mol. The molecule has 6 heteroatoms. The van der Waals surface area contributed by atoms with Gasteiger partial charge in [-0.3, -0.25) is 0 Å². The van der Waals surface area contributed by atoms with E-state index in [0.29, 0.717) is 38.7 Å². The van der Waals surface area contributed by atoms with Gasteiger partial charge in [0.25, 0.3) is 0 Å². The molecule has 1 saturated carbocycles. The molecule has 2 aliphatic rings. The molecule has 127 valence electrons. The van der Waals surface area contributed by atoms with E-state index in [2.05, 4.69) is 11.9 Å². The van der Waals surface area contributed by atoms with Crippen molar-refractivity contribution in [3.8, 4) is 0 Å². The van der Waals surface area contributed by atoms with Gasteiger partial charge in [-0.1, -0.05) is 0 Å². The minimum absolute atomic E-state index is 0.0254. The van der Waals surface area contributed by atoms with Crippen molar-refractivity contribution in [2.45, 2.75) is 34.8 Å². The van der Waals surface area contributed by atoms with Crippen LogP contribution in [-0.4, -0.2) is 84.8 Å². The molecule has 0 aromatic heterocycles. The molecule has 1 aromatic rings. The Balaban J connectivity index is 1.71. The number of hydrogen-bond donors (Lipinski definition) is 1. The summed E-state index contributed by atoms with van der Waals surface area (Å²) in [4.78, 5) is 28.5. The van der Waals surface area contributed by atoms with Crippen molar-refractivity contribution in [1.82, 2.24) is 9.80 Å². The first kappa shape index (κ1) is 17.9. The van der Waals surface area contributed by atoms with Crippen LogP contribution in [0.5, 0.6) is 0 Å². The van der Waals surface area contributed by atoms with Gasteiger partial charge in [0.05, 0.1) is 0 Å². The van der Waals surface area contributed by atoms with Crippen molar-refractivity contribution >= 4 is 37.6 Å². The van der Waals surface area contributed by atoms with Crippen molar-refractivity contribution in [3.63, 3.8) is 0 Å². The van der Waals surface area contributed by atoms with Gasteiger partial charge < -0.3 is 0 Å². The molecule has 1 aliphatic carbocycles. The number of carbonyl (C=O) groups excluding carboxylic acids is 1. The quantitative estimate of drug-likeness (QED) is 0.573. The molecule has 3 radical (unpaired) electrons. The van der Waals surface area contributed by atoms with Gasteiger partial charge in [0.2, 0.25) is 0 Å². The molecular weight excluding hydrogens is 499 g/mol. The zero-order valence-electron chi connectivity index (χ0n) is 13.9. The second-order valence-electron chi connectivity index (χ2n) is 6.96. The number of likely N-dealkylation sites (N-methyl/N-ethyl adjacent to an activating group) is 1. The predicted octanol–water partition coefficient (Wildman–Crippen LogP) is 1.29. The van der Waals surface area contributed by atoms with Gasteiger partial charge in [-0.2, -0.15) is 0 Å². The van der Waals surface area contributed by atoms with Crippen LogP contribution in [0.3, 0.4) is 0 Å². The van der Waals surface area contributed by atoms with Gasteiger partial charge in [0.1, 0.15) is 0 Å². The summed E-state index contributed by atoms with van der Waals surface area (Å²) in [5.74, 6) is -0.145. The molecule has 3 atom stereocenters. The molecule has 0 bridgehead atoms. The summed E-state index contributed by atoms with van der Waals surface area (Å²) in [6.45, 7) is 1.55. The molecular formula is C18H23N2O3Pb. The SMILES string of the molecule is CN(CC1CC1)C1CC(C(=O)O)N(C(=O)[CH]([Pb])c2ccccc2)C1. The van der Waals surface area contributed by atoms with E-state index in [1.54, 1.807) is 4.90 Å². The van der Waals surface area contributed by atoms with Crippen LogP contribution >= 0.6 is 0 Å². The Labute approximate surface area is 158 Å². The Morgan fingerprint density at radius 3 is 2.58 bits per heavy atom. The molecule has 1 heterocycles. The molecule has 1 saturated heterocycles. The minimum atomic E-state index is -0.882. The van der Waals surface area contributed by atoms with Crippen molar-refractivity contribution in [3.05, 3.63) is 35.9 Å². The second-order valence-corrected chi connectivity index (χ2v) is 9.21. The third-order valence-electron chi connectivity index (χ3n) is 5.09. The van der Waals surface area contributed by atoms with Crippen molar-refractivity contribution in [2.75, 3.05) is 20.1 Å². The first-order valence-electron chi connectivity index (χ1n) is 8.47. The molecule has 5 nitrogen and oxygen atoms in total. The van der Waals surface area contributed by atoms with Crippen LogP contribution in [0.1, 0.15) is 28.3 Å². The van der Waals surface area contributed by atoms with Crippen LogP contribution in [0.2, 0.25) is 0 Å². The third-order valence-corrected chi connectivity index (χ3v) is 7.35. The Morgan fingerprint density at radius 2 is 2.00 bits per heavy atom. The number of benzene rings is 1. The summed E-state index contributed by atoms with van der Waals surface area (Å²) in [5.41, 5.74) is 0.994. The van der Waals surface area contributed by atoms with Gasteiger partial charge in [-0.05, 0) is 0 Å². The van der Waals surface area contributed by atoms with E-state index in [1.807, 2.05) is 30.3 Å². The summed E-state index contributed by atoms with van der Waals surface area (Å²) in [6.07, 6.45) is 3.09. The summed E-state index contributed by atoms with van der Waals surface area (Å²) in [6, 6.07) is 9.17. The zero-order chi connectivity index (χ0) is 17.3. The molecule has 24 heavy (non-hydrogen) atoms. The fraction of sp³-hybridized carbons (Fsp3) is 0.556. The molecule has 0 spiro atoms. The van der Waals surface area contributed by atoms with Gasteiger partial charge in [0.15, 0.2) is 0 Å². The molecule has 1 N–H and O–H groups in total. The Hall–Kier alpha value is -0.958. The Morgan fingerprint density at radius 1 is 1.33 bits per heavy atom. The topological polar surface area (TPSA) is 60.9 Å². The average molecular weight is 523 g/mol. The van der Waals surface area contributed by atoms with Crippen molar-refractivity contribution in [2.24, 2.45) is 5.92 Å². The van der Waals surface area contributed by atoms with E-state index < -0.39 is 12.0 Å². The standard InChI is InChI=1S/C18H23N2O3.Pb/c1-19(11-14-7-8-14)15-10-16(18(22)23)20(12-15)17(21)9-13-5-3-2-4-6-13;/h2-6,9,14-16H,7-8,10-12H2,1H3,(H,22,23);. The van der Waals surface area contributed by atoms with Crippen LogP contribution in [0.4, 0.5) is 0 Å². The number of carboxylic acids is 1. The van der Waals surface area contributed by atoms with E-state index in [9.17, 15) is 14.7 Å². The number of likely N-dealkylation sites (tertiary alicyclic amines) is 1. The van der Waals surface area contributed by atoms with Gasteiger partial charge in [-0.15, -0.1) is 0 Å². The summed E-state index contributed by atoms with van der Waals surface area (Å²) < 4.78 is -0.180. The van der Waals surface area contributed by atoms with Gasteiger partial charge in [0, 0.05) is 0 Å². The number of carbonyl (C=O) groups is 2. The number of carboxylic acid groups (broad SMARTS) is 1. The molecule has 3 rings (SSSR count). The maximum atomic E-state index is 12.9. The van der Waals surface area contributed by atoms with Crippen LogP contribution in [-0.2, 0) is 9.59 Å². The summed E-state index contributed by atoms with van der Waals surface area (Å²) in [5, 5.41) is 9.58. The van der Waals surface area contributed by atoms with E-state index in [-0.39, 0.29) is 15.4 Å². The fourth-order valence-corrected chi connectivity index (χ4v) is 4.81. The molecule has 1 aromatic carbocycles. The number of aliphatic carboxylic acids is 1. The number of rotatable bonds is 6. The van der Waals surface area contributed by atoms with E-state index in [4.69, 9.17) is 0 Å². The van der Waals surface area contributed by atoms with Crippen LogP contribution in [0.15, 0.2) is 30.3 Å². The first-order chi connectivity index (χ1) is 11.5. The monoisotopic (exact) mass is 523 g/mol. The number of amides is 1. The summed E-state index contributed by atoms with van der Waals surface area (Å²) >= 11 is 0.682. The zero-order valence-corrected chi connectivity index (χ0v) is 17.8. The average Bonchev–Trinajstić information content (AvgIpc) is 3.27. The van der Waals surface area contributed by atoms with Crippen molar-refractivity contribution in [1.29, 1.82) is 0 Å². The fourth-order valence-electron chi connectivity index (χ4n) is 3.42. The Kier molecular flexibility index (Phi) is 5.59. The van der Waals surface area contributed by atoms with E-state index >= 15 is 0 Å². The van der Waals surface area contributed by atoms with Crippen LogP contribution in [0.25, 0.3) is 0 Å². The summed E-state index contributed by atoms with van der Waals surface area (Å²) in [7, 11) is 2.06. The van der Waals surface area contributed by atoms with Gasteiger partial charge >= 0.3 is 159 Å². The third kappa shape index (κ3) is 3.99. The van der Waals surface area contributed by atoms with E-state index in [1.165, 1.54) is 12.8 Å². The van der Waals surface area contributed by atoms with E-state index in [0.717, 1.165) is 18.0 Å². The number of hydrogen-bond acceptors (Lipinski definition) is 3. The second kappa shape index (κ2) is 7.51. The Bertz CT molecular complexity index is 606. The first-order valence-corrected chi connectivity index (χ1v) is 10.7. The maximum absolute atomic E-state index is 12.9. The molecule has 1 amide bonds.